The molecule has 1 aliphatic rings. The van der Waals surface area contributed by atoms with Gasteiger partial charge in [0.15, 0.2) is 0 Å². The van der Waals surface area contributed by atoms with E-state index >= 15 is 0 Å². The Labute approximate surface area is 62.4 Å². The van der Waals surface area contributed by atoms with E-state index in [-0.39, 0.29) is 5.54 Å². The molecule has 0 amide bonds. The number of rotatable bonds is 1. The zero-order valence-electron chi connectivity index (χ0n) is 6.80. The second kappa shape index (κ2) is 2.51. The number of hydrogen-bond donors (Lipinski definition) is 2. The van der Waals surface area contributed by atoms with Crippen LogP contribution in [0.15, 0.2) is 0 Å². The molecule has 1 fully saturated rings. The summed E-state index contributed by atoms with van der Waals surface area (Å²) < 4.78 is 0. The van der Waals surface area contributed by atoms with Crippen LogP contribution in [0.5, 0.6) is 0 Å². The van der Waals surface area contributed by atoms with Gasteiger partial charge in [0.2, 0.25) is 0 Å². The largest absolute Gasteiger partial charge is 0.396 e. The lowest BCUT2D eigenvalue weighted by Crippen LogP contribution is -2.40. The summed E-state index contributed by atoms with van der Waals surface area (Å²) in [7, 11) is 0. The maximum Gasteiger partial charge on any atom is 0.0462 e. The van der Waals surface area contributed by atoms with E-state index in [0.29, 0.717) is 18.4 Å². The third kappa shape index (κ3) is 1.18. The van der Waals surface area contributed by atoms with Crippen molar-refractivity contribution >= 4 is 0 Å². The van der Waals surface area contributed by atoms with Crippen molar-refractivity contribution in [3.05, 3.63) is 0 Å². The van der Waals surface area contributed by atoms with Gasteiger partial charge in [-0.2, -0.15) is 0 Å². The van der Waals surface area contributed by atoms with E-state index in [1.54, 1.807) is 0 Å². The quantitative estimate of drug-likeness (QED) is 0.568. The van der Waals surface area contributed by atoms with Crippen LogP contribution in [0.4, 0.5) is 0 Å². The standard InChI is InChI=1S/C8H17NO/c1-6-7(5-10)3-4-8(6,2)9/h6-7,10H,3-5,9H2,1-2H3. The van der Waals surface area contributed by atoms with Crippen molar-refractivity contribution in [3.8, 4) is 0 Å². The Kier molecular flexibility index (Phi) is 2.02. The van der Waals surface area contributed by atoms with Crippen LogP contribution in [-0.4, -0.2) is 17.3 Å². The lowest BCUT2D eigenvalue weighted by molar-refractivity contribution is 0.183. The maximum absolute atomic E-state index is 8.91. The topological polar surface area (TPSA) is 46.2 Å². The zero-order chi connectivity index (χ0) is 7.78. The van der Waals surface area contributed by atoms with Crippen LogP contribution in [0.3, 0.4) is 0 Å². The lowest BCUT2D eigenvalue weighted by Gasteiger charge is -2.25. The van der Waals surface area contributed by atoms with Gasteiger partial charge in [0.05, 0.1) is 0 Å². The van der Waals surface area contributed by atoms with E-state index in [0.717, 1.165) is 12.8 Å². The fourth-order valence-electron chi connectivity index (χ4n) is 1.76. The van der Waals surface area contributed by atoms with Gasteiger partial charge in [-0.25, -0.2) is 0 Å². The molecule has 60 valence electrons. The second-order valence-electron chi connectivity index (χ2n) is 3.78. The average molecular weight is 143 g/mol. The molecule has 1 aliphatic carbocycles. The van der Waals surface area contributed by atoms with Crippen LogP contribution in [0.25, 0.3) is 0 Å². The minimum atomic E-state index is -0.0343. The van der Waals surface area contributed by atoms with E-state index in [2.05, 4.69) is 13.8 Å². The Morgan fingerprint density at radius 1 is 1.70 bits per heavy atom. The minimum absolute atomic E-state index is 0.0343. The first-order chi connectivity index (χ1) is 4.58. The number of nitrogens with two attached hydrogens (primary N) is 1. The monoisotopic (exact) mass is 143 g/mol. The fourth-order valence-corrected chi connectivity index (χ4v) is 1.76. The molecule has 0 spiro atoms. The first-order valence-corrected chi connectivity index (χ1v) is 3.97. The normalized spacial score (nSPS) is 48.0. The van der Waals surface area contributed by atoms with Gasteiger partial charge >= 0.3 is 0 Å². The van der Waals surface area contributed by atoms with Crippen molar-refractivity contribution < 1.29 is 5.11 Å². The fraction of sp³-hybridized carbons (Fsp3) is 1.00. The van der Waals surface area contributed by atoms with Crippen molar-refractivity contribution in [2.24, 2.45) is 17.6 Å². The smallest absolute Gasteiger partial charge is 0.0462 e. The molecular weight excluding hydrogens is 126 g/mol. The molecule has 1 rings (SSSR count). The van der Waals surface area contributed by atoms with Crippen molar-refractivity contribution in [3.63, 3.8) is 0 Å². The summed E-state index contributed by atoms with van der Waals surface area (Å²) in [6.07, 6.45) is 2.14. The van der Waals surface area contributed by atoms with E-state index in [1.165, 1.54) is 0 Å². The molecule has 10 heavy (non-hydrogen) atoms. The Morgan fingerprint density at radius 2 is 2.30 bits per heavy atom. The van der Waals surface area contributed by atoms with E-state index in [9.17, 15) is 0 Å². The molecule has 0 aromatic carbocycles. The Morgan fingerprint density at radius 3 is 2.50 bits per heavy atom. The van der Waals surface area contributed by atoms with Gasteiger partial charge in [-0.1, -0.05) is 6.92 Å². The van der Waals surface area contributed by atoms with Crippen LogP contribution in [-0.2, 0) is 0 Å². The van der Waals surface area contributed by atoms with Crippen molar-refractivity contribution in [1.29, 1.82) is 0 Å². The SMILES string of the molecule is CC1C(CO)CCC1(C)N. The van der Waals surface area contributed by atoms with Crippen LogP contribution in [0, 0.1) is 11.8 Å². The molecule has 0 saturated heterocycles. The molecule has 3 unspecified atom stereocenters. The molecule has 2 heteroatoms. The summed E-state index contributed by atoms with van der Waals surface area (Å²) in [6, 6.07) is 0. The predicted molar refractivity (Wildman–Crippen MR) is 41.6 cm³/mol. The Bertz CT molecular complexity index is 122. The highest BCUT2D eigenvalue weighted by molar-refractivity contribution is 4.94. The molecule has 0 aliphatic heterocycles. The maximum atomic E-state index is 8.91. The van der Waals surface area contributed by atoms with Gasteiger partial charge in [0.25, 0.3) is 0 Å². The van der Waals surface area contributed by atoms with Crippen molar-refractivity contribution in [2.45, 2.75) is 32.2 Å². The van der Waals surface area contributed by atoms with Gasteiger partial charge in [0, 0.05) is 12.1 Å². The third-order valence-corrected chi connectivity index (χ3v) is 3.04. The number of hydrogen-bond acceptors (Lipinski definition) is 2. The van der Waals surface area contributed by atoms with Gasteiger partial charge in [0.1, 0.15) is 0 Å². The van der Waals surface area contributed by atoms with Crippen molar-refractivity contribution in [2.75, 3.05) is 6.61 Å². The molecule has 0 bridgehead atoms. The van der Waals surface area contributed by atoms with Crippen molar-refractivity contribution in [1.82, 2.24) is 0 Å². The second-order valence-corrected chi connectivity index (χ2v) is 3.78. The summed E-state index contributed by atoms with van der Waals surface area (Å²) in [5.41, 5.74) is 5.94. The molecule has 3 N–H and O–H groups in total. The summed E-state index contributed by atoms with van der Waals surface area (Å²) in [6.45, 7) is 4.51. The van der Waals surface area contributed by atoms with Gasteiger partial charge < -0.3 is 10.8 Å². The highest BCUT2D eigenvalue weighted by atomic mass is 16.3. The molecular formula is C8H17NO. The molecule has 3 atom stereocenters. The highest BCUT2D eigenvalue weighted by Gasteiger charge is 2.38. The highest BCUT2D eigenvalue weighted by Crippen LogP contribution is 2.37. The van der Waals surface area contributed by atoms with E-state index in [4.69, 9.17) is 10.8 Å². The number of aliphatic hydroxyl groups excluding tert-OH is 1. The summed E-state index contributed by atoms with van der Waals surface area (Å²) in [5, 5.41) is 8.91. The minimum Gasteiger partial charge on any atom is -0.396 e. The van der Waals surface area contributed by atoms with Gasteiger partial charge in [-0.3, -0.25) is 0 Å². The first kappa shape index (κ1) is 8.02. The molecule has 1 saturated carbocycles. The predicted octanol–water partition coefficient (Wildman–Crippen LogP) is 0.742. The Hall–Kier alpha value is -0.0800. The molecule has 0 heterocycles. The van der Waals surface area contributed by atoms with Crippen LogP contribution in [0.2, 0.25) is 0 Å². The zero-order valence-corrected chi connectivity index (χ0v) is 6.80. The molecule has 0 radical (unpaired) electrons. The Balaban J connectivity index is 2.58. The summed E-state index contributed by atoms with van der Waals surface area (Å²) in [5.74, 6) is 0.910. The molecule has 0 aromatic heterocycles. The first-order valence-electron chi connectivity index (χ1n) is 3.97. The molecule has 2 nitrogen and oxygen atoms in total. The lowest BCUT2D eigenvalue weighted by atomic mass is 9.87. The van der Waals surface area contributed by atoms with Gasteiger partial charge in [-0.15, -0.1) is 0 Å². The summed E-state index contributed by atoms with van der Waals surface area (Å²) >= 11 is 0. The average Bonchev–Trinajstić information content (AvgIpc) is 2.10. The molecule has 0 aromatic rings. The van der Waals surface area contributed by atoms with Gasteiger partial charge in [-0.05, 0) is 31.6 Å². The third-order valence-electron chi connectivity index (χ3n) is 3.04. The summed E-state index contributed by atoms with van der Waals surface area (Å²) in [4.78, 5) is 0. The van der Waals surface area contributed by atoms with Crippen LogP contribution < -0.4 is 5.73 Å². The van der Waals surface area contributed by atoms with Crippen LogP contribution in [0.1, 0.15) is 26.7 Å². The van der Waals surface area contributed by atoms with E-state index in [1.807, 2.05) is 0 Å². The number of aliphatic hydroxyl groups is 1. The van der Waals surface area contributed by atoms with E-state index < -0.39 is 0 Å². The van der Waals surface area contributed by atoms with Crippen LogP contribution >= 0.6 is 0 Å².